The van der Waals surface area contributed by atoms with E-state index in [9.17, 15) is 4.79 Å². The van der Waals surface area contributed by atoms with Gasteiger partial charge in [-0.2, -0.15) is 0 Å². The Balaban J connectivity index is 1.58. The van der Waals surface area contributed by atoms with Crippen LogP contribution in [0.1, 0.15) is 47.2 Å². The molecule has 1 saturated heterocycles. The number of rotatable bonds is 5. The van der Waals surface area contributed by atoms with E-state index in [-0.39, 0.29) is 18.0 Å². The Morgan fingerprint density at radius 2 is 2.20 bits per heavy atom. The molecule has 1 aromatic heterocycles. The van der Waals surface area contributed by atoms with Crippen LogP contribution >= 0.6 is 0 Å². The number of likely N-dealkylation sites (tertiary alicyclic amines) is 1. The Morgan fingerprint density at radius 1 is 1.36 bits per heavy atom. The Morgan fingerprint density at radius 3 is 2.88 bits per heavy atom. The molecule has 6 heteroatoms. The molecule has 6 nitrogen and oxygen atoms in total. The minimum Gasteiger partial charge on any atom is -0.497 e. The van der Waals surface area contributed by atoms with Gasteiger partial charge in [0.25, 0.3) is 5.91 Å². The van der Waals surface area contributed by atoms with Crippen LogP contribution in [0.25, 0.3) is 0 Å². The first-order valence-corrected chi connectivity index (χ1v) is 8.88. The topological polar surface area (TPSA) is 70.2 Å². The summed E-state index contributed by atoms with van der Waals surface area (Å²) in [4.78, 5) is 22.3. The molecule has 1 aromatic carbocycles. The number of hydrogen-bond donors (Lipinski definition) is 2. The number of amides is 1. The number of ether oxygens (including phenoxy) is 1. The molecule has 2 fully saturated rings. The van der Waals surface area contributed by atoms with Gasteiger partial charge in [-0.15, -0.1) is 0 Å². The lowest BCUT2D eigenvalue weighted by Gasteiger charge is -2.29. The molecule has 1 aliphatic heterocycles. The van der Waals surface area contributed by atoms with Gasteiger partial charge in [0, 0.05) is 12.6 Å². The second-order valence-electron chi connectivity index (χ2n) is 6.94. The lowest BCUT2D eigenvalue weighted by molar-refractivity contribution is 0.0919. The van der Waals surface area contributed by atoms with Crippen molar-refractivity contribution in [2.45, 2.75) is 44.3 Å². The van der Waals surface area contributed by atoms with E-state index in [0.717, 1.165) is 24.5 Å². The first-order chi connectivity index (χ1) is 12.2. The van der Waals surface area contributed by atoms with Gasteiger partial charge in [0.1, 0.15) is 17.3 Å². The summed E-state index contributed by atoms with van der Waals surface area (Å²) in [5.41, 5.74) is 1.72. The highest BCUT2D eigenvalue weighted by Crippen LogP contribution is 2.41. The van der Waals surface area contributed by atoms with Crippen LogP contribution in [0.5, 0.6) is 5.75 Å². The lowest BCUT2D eigenvalue weighted by atomic mass is 9.99. The molecule has 2 N–H and O–H groups in total. The summed E-state index contributed by atoms with van der Waals surface area (Å²) in [7, 11) is 1.69. The number of nitrogens with zero attached hydrogens (tertiary/aromatic N) is 2. The fraction of sp³-hybridized carbons (Fsp3) is 0.474. The predicted octanol–water partition coefficient (Wildman–Crippen LogP) is 2.43. The molecule has 4 rings (SSSR count). The number of aryl methyl sites for hydroxylation is 1. The monoisotopic (exact) mass is 340 g/mol. The average Bonchev–Trinajstić information content (AvgIpc) is 3.24. The largest absolute Gasteiger partial charge is 0.497 e. The van der Waals surface area contributed by atoms with E-state index < -0.39 is 0 Å². The highest BCUT2D eigenvalue weighted by atomic mass is 16.5. The van der Waals surface area contributed by atoms with Crippen molar-refractivity contribution in [3.8, 4) is 5.75 Å². The Kier molecular flexibility index (Phi) is 4.21. The van der Waals surface area contributed by atoms with E-state index in [4.69, 9.17) is 4.74 Å². The quantitative estimate of drug-likeness (QED) is 0.877. The molecule has 132 valence electrons. The number of imidazole rings is 1. The highest BCUT2D eigenvalue weighted by molar-refractivity contribution is 5.92. The zero-order valence-electron chi connectivity index (χ0n) is 14.7. The number of benzene rings is 1. The van der Waals surface area contributed by atoms with Crippen molar-refractivity contribution < 1.29 is 9.53 Å². The summed E-state index contributed by atoms with van der Waals surface area (Å²) < 4.78 is 5.40. The van der Waals surface area contributed by atoms with Crippen molar-refractivity contribution in [1.29, 1.82) is 0 Å². The Hall–Kier alpha value is -2.34. The molecule has 25 heavy (non-hydrogen) atoms. The summed E-state index contributed by atoms with van der Waals surface area (Å²) in [6.45, 7) is 2.86. The van der Waals surface area contributed by atoms with E-state index in [0.29, 0.717) is 11.7 Å². The fourth-order valence-corrected chi connectivity index (χ4v) is 3.81. The fourth-order valence-electron chi connectivity index (χ4n) is 3.81. The minimum atomic E-state index is -0.0869. The van der Waals surface area contributed by atoms with Gasteiger partial charge in [0.2, 0.25) is 0 Å². The van der Waals surface area contributed by atoms with Gasteiger partial charge in [-0.3, -0.25) is 9.69 Å². The number of nitrogens with one attached hydrogen (secondary N) is 2. The second kappa shape index (κ2) is 6.52. The Labute approximate surface area is 147 Å². The van der Waals surface area contributed by atoms with Crippen LogP contribution in [-0.4, -0.2) is 46.5 Å². The first kappa shape index (κ1) is 16.1. The molecule has 1 aliphatic carbocycles. The summed E-state index contributed by atoms with van der Waals surface area (Å²) >= 11 is 0. The maximum atomic E-state index is 12.6. The van der Waals surface area contributed by atoms with Gasteiger partial charge in [-0.05, 0) is 43.9 Å². The molecule has 2 heterocycles. The van der Waals surface area contributed by atoms with Crippen LogP contribution in [0.3, 0.4) is 0 Å². The summed E-state index contributed by atoms with van der Waals surface area (Å²) in [5.74, 6) is 1.52. The van der Waals surface area contributed by atoms with Gasteiger partial charge in [-0.25, -0.2) is 4.98 Å². The molecule has 0 bridgehead atoms. The third kappa shape index (κ3) is 3.26. The maximum Gasteiger partial charge on any atom is 0.269 e. The van der Waals surface area contributed by atoms with Crippen molar-refractivity contribution in [2.75, 3.05) is 13.7 Å². The Bertz CT molecular complexity index is 768. The van der Waals surface area contributed by atoms with Crippen LogP contribution in [0.4, 0.5) is 0 Å². The van der Waals surface area contributed by atoms with E-state index in [1.807, 2.05) is 19.1 Å². The van der Waals surface area contributed by atoms with Crippen LogP contribution in [0, 0.1) is 6.92 Å². The third-order valence-corrected chi connectivity index (χ3v) is 5.15. The molecule has 2 atom stereocenters. The van der Waals surface area contributed by atoms with Crippen LogP contribution < -0.4 is 10.1 Å². The minimum absolute atomic E-state index is 0.0869. The van der Waals surface area contributed by atoms with Gasteiger partial charge in [-0.1, -0.05) is 12.1 Å². The van der Waals surface area contributed by atoms with Crippen molar-refractivity contribution >= 4 is 5.91 Å². The van der Waals surface area contributed by atoms with Crippen molar-refractivity contribution in [2.24, 2.45) is 0 Å². The predicted molar refractivity (Wildman–Crippen MR) is 94.7 cm³/mol. The summed E-state index contributed by atoms with van der Waals surface area (Å²) in [5, 5.41) is 3.21. The van der Waals surface area contributed by atoms with Crippen molar-refractivity contribution in [3.05, 3.63) is 47.5 Å². The molecule has 2 aliphatic rings. The lowest BCUT2D eigenvalue weighted by Crippen LogP contribution is -2.40. The average molecular weight is 340 g/mol. The molecule has 1 saturated carbocycles. The second-order valence-corrected chi connectivity index (χ2v) is 6.94. The van der Waals surface area contributed by atoms with Gasteiger partial charge >= 0.3 is 0 Å². The van der Waals surface area contributed by atoms with E-state index in [1.54, 1.807) is 13.3 Å². The summed E-state index contributed by atoms with van der Waals surface area (Å²) in [6, 6.07) is 9.13. The zero-order valence-corrected chi connectivity index (χ0v) is 14.7. The molecular weight excluding hydrogens is 316 g/mol. The van der Waals surface area contributed by atoms with Crippen LogP contribution in [-0.2, 0) is 0 Å². The smallest absolute Gasteiger partial charge is 0.269 e. The number of hydrogen-bond acceptors (Lipinski definition) is 4. The van der Waals surface area contributed by atoms with E-state index in [2.05, 4.69) is 32.3 Å². The first-order valence-electron chi connectivity index (χ1n) is 8.88. The number of aromatic nitrogens is 2. The number of carbonyl (C=O) groups excluding carboxylic acids is 1. The number of carbonyl (C=O) groups is 1. The molecule has 0 radical (unpaired) electrons. The summed E-state index contributed by atoms with van der Waals surface area (Å²) in [6.07, 6.45) is 5.05. The van der Waals surface area contributed by atoms with E-state index >= 15 is 0 Å². The molecule has 0 spiro atoms. The molecule has 2 aromatic rings. The van der Waals surface area contributed by atoms with Crippen molar-refractivity contribution in [1.82, 2.24) is 20.2 Å². The van der Waals surface area contributed by atoms with Gasteiger partial charge < -0.3 is 15.0 Å². The van der Waals surface area contributed by atoms with Gasteiger partial charge in [0.05, 0.1) is 25.4 Å². The van der Waals surface area contributed by atoms with Crippen LogP contribution in [0.15, 0.2) is 30.5 Å². The SMILES string of the molecule is COc1cccc([C@H]2[C@@H](NC(=O)c3cnc(C)[nH]3)CCN2C2CC2)c1. The van der Waals surface area contributed by atoms with Crippen LogP contribution in [0.2, 0.25) is 0 Å². The number of methoxy groups -OCH3 is 1. The van der Waals surface area contributed by atoms with E-state index in [1.165, 1.54) is 18.4 Å². The normalized spacial score (nSPS) is 23.6. The van der Waals surface area contributed by atoms with Crippen molar-refractivity contribution in [3.63, 3.8) is 0 Å². The third-order valence-electron chi connectivity index (χ3n) is 5.15. The van der Waals surface area contributed by atoms with Gasteiger partial charge in [0.15, 0.2) is 0 Å². The molecular formula is C19H24N4O2. The molecule has 0 unspecified atom stereocenters. The standard InChI is InChI=1S/C19H24N4O2/c1-12-20-11-17(21-12)19(24)22-16-8-9-23(14-6-7-14)18(16)13-4-3-5-15(10-13)25-2/h3-5,10-11,14,16,18H,6-9H2,1-2H3,(H,20,21)(H,22,24)/t16-,18-/m0/s1. The number of aromatic amines is 1. The maximum absolute atomic E-state index is 12.6. The highest BCUT2D eigenvalue weighted by Gasteiger charge is 2.43. The number of H-pyrrole nitrogens is 1. The molecule has 1 amide bonds. The zero-order chi connectivity index (χ0) is 17.4.